The van der Waals surface area contributed by atoms with E-state index in [-0.39, 0.29) is 6.04 Å². The molecular weight excluding hydrogens is 255 g/mol. The zero-order valence-electron chi connectivity index (χ0n) is 10.7. The number of aromatic nitrogens is 1. The molecule has 1 aliphatic rings. The molecule has 1 aromatic rings. The SMILES string of the molecule is NCCC1CCCCN1c1cccc(C(F)(F)F)n1. The summed E-state index contributed by atoms with van der Waals surface area (Å²) < 4.78 is 38.0. The third-order valence-electron chi connectivity index (χ3n) is 3.45. The summed E-state index contributed by atoms with van der Waals surface area (Å²) in [6, 6.07) is 4.27. The van der Waals surface area contributed by atoms with Crippen LogP contribution >= 0.6 is 0 Å². The highest BCUT2D eigenvalue weighted by Gasteiger charge is 2.33. The molecule has 0 saturated carbocycles. The van der Waals surface area contributed by atoms with E-state index in [9.17, 15) is 13.2 Å². The first kappa shape index (κ1) is 14.1. The van der Waals surface area contributed by atoms with Crippen molar-refractivity contribution in [2.24, 2.45) is 5.73 Å². The van der Waals surface area contributed by atoms with Crippen LogP contribution in [0, 0.1) is 0 Å². The summed E-state index contributed by atoms with van der Waals surface area (Å²) >= 11 is 0. The monoisotopic (exact) mass is 273 g/mol. The molecular formula is C13H18F3N3. The number of nitrogens with zero attached hydrogens (tertiary/aromatic N) is 2. The summed E-state index contributed by atoms with van der Waals surface area (Å²) in [5.41, 5.74) is 4.74. The molecule has 0 radical (unpaired) electrons. The molecule has 1 saturated heterocycles. The van der Waals surface area contributed by atoms with E-state index in [4.69, 9.17) is 5.73 Å². The lowest BCUT2D eigenvalue weighted by Crippen LogP contribution is -2.41. The third kappa shape index (κ3) is 3.37. The second-order valence-corrected chi connectivity index (χ2v) is 4.80. The molecule has 1 unspecified atom stereocenters. The minimum Gasteiger partial charge on any atom is -0.354 e. The number of rotatable bonds is 3. The number of piperidine rings is 1. The highest BCUT2D eigenvalue weighted by Crippen LogP contribution is 2.31. The van der Waals surface area contributed by atoms with Crippen molar-refractivity contribution in [2.45, 2.75) is 37.9 Å². The van der Waals surface area contributed by atoms with E-state index in [1.807, 2.05) is 4.90 Å². The van der Waals surface area contributed by atoms with Crippen molar-refractivity contribution in [3.05, 3.63) is 23.9 Å². The number of halogens is 3. The lowest BCUT2D eigenvalue weighted by Gasteiger charge is -2.36. The van der Waals surface area contributed by atoms with Crippen LogP contribution in [0.15, 0.2) is 18.2 Å². The van der Waals surface area contributed by atoms with Crippen LogP contribution in [0.1, 0.15) is 31.4 Å². The second kappa shape index (κ2) is 5.77. The number of pyridine rings is 1. The lowest BCUT2D eigenvalue weighted by molar-refractivity contribution is -0.141. The molecule has 6 heteroatoms. The molecule has 1 fully saturated rings. The van der Waals surface area contributed by atoms with E-state index >= 15 is 0 Å². The van der Waals surface area contributed by atoms with Gasteiger partial charge in [0.15, 0.2) is 0 Å². The molecule has 0 bridgehead atoms. The van der Waals surface area contributed by atoms with E-state index in [2.05, 4.69) is 4.98 Å². The number of hydrogen-bond donors (Lipinski definition) is 1. The van der Waals surface area contributed by atoms with Crippen molar-refractivity contribution < 1.29 is 13.2 Å². The van der Waals surface area contributed by atoms with Gasteiger partial charge in [0.25, 0.3) is 0 Å². The molecule has 0 aromatic carbocycles. The fourth-order valence-corrected chi connectivity index (χ4v) is 2.54. The van der Waals surface area contributed by atoms with Crippen molar-refractivity contribution in [1.82, 2.24) is 4.98 Å². The van der Waals surface area contributed by atoms with Gasteiger partial charge in [-0.15, -0.1) is 0 Å². The van der Waals surface area contributed by atoms with Gasteiger partial charge >= 0.3 is 6.18 Å². The molecule has 1 atom stereocenters. The van der Waals surface area contributed by atoms with Crippen molar-refractivity contribution in [3.8, 4) is 0 Å². The first-order valence-corrected chi connectivity index (χ1v) is 6.53. The van der Waals surface area contributed by atoms with Gasteiger partial charge in [0.1, 0.15) is 11.5 Å². The van der Waals surface area contributed by atoms with Crippen LogP contribution in [-0.4, -0.2) is 24.1 Å². The highest BCUT2D eigenvalue weighted by molar-refractivity contribution is 5.41. The largest absolute Gasteiger partial charge is 0.433 e. The van der Waals surface area contributed by atoms with Crippen molar-refractivity contribution >= 4 is 5.82 Å². The van der Waals surface area contributed by atoms with Gasteiger partial charge in [0, 0.05) is 12.6 Å². The van der Waals surface area contributed by atoms with Gasteiger partial charge in [-0.25, -0.2) is 4.98 Å². The topological polar surface area (TPSA) is 42.1 Å². The maximum absolute atomic E-state index is 12.7. The lowest BCUT2D eigenvalue weighted by atomic mass is 9.99. The summed E-state index contributed by atoms with van der Waals surface area (Å²) in [7, 11) is 0. The Hall–Kier alpha value is -1.30. The molecule has 19 heavy (non-hydrogen) atoms. The average Bonchev–Trinajstić information content (AvgIpc) is 2.39. The van der Waals surface area contributed by atoms with Crippen LogP contribution in [0.4, 0.5) is 19.0 Å². The van der Waals surface area contributed by atoms with Crippen molar-refractivity contribution in [3.63, 3.8) is 0 Å². The quantitative estimate of drug-likeness (QED) is 0.920. The van der Waals surface area contributed by atoms with Gasteiger partial charge in [0.2, 0.25) is 0 Å². The minimum absolute atomic E-state index is 0.203. The van der Waals surface area contributed by atoms with Gasteiger partial charge in [-0.05, 0) is 44.4 Å². The van der Waals surface area contributed by atoms with E-state index in [1.165, 1.54) is 6.07 Å². The van der Waals surface area contributed by atoms with Gasteiger partial charge in [-0.3, -0.25) is 0 Å². The normalized spacial score (nSPS) is 20.6. The van der Waals surface area contributed by atoms with Crippen LogP contribution in [0.25, 0.3) is 0 Å². The predicted molar refractivity (Wildman–Crippen MR) is 67.9 cm³/mol. The van der Waals surface area contributed by atoms with Crippen LogP contribution in [-0.2, 0) is 6.18 Å². The molecule has 0 amide bonds. The Labute approximate surface area is 110 Å². The van der Waals surface area contributed by atoms with E-state index in [1.54, 1.807) is 6.07 Å². The number of hydrogen-bond acceptors (Lipinski definition) is 3. The Bertz CT molecular complexity index is 418. The summed E-state index contributed by atoms with van der Waals surface area (Å²) in [6.07, 6.45) is -0.554. The first-order chi connectivity index (χ1) is 9.02. The average molecular weight is 273 g/mol. The molecule has 1 aromatic heterocycles. The van der Waals surface area contributed by atoms with Gasteiger partial charge < -0.3 is 10.6 Å². The Morgan fingerprint density at radius 2 is 2.11 bits per heavy atom. The maximum atomic E-state index is 12.7. The fourth-order valence-electron chi connectivity index (χ4n) is 2.54. The van der Waals surface area contributed by atoms with E-state index in [0.29, 0.717) is 12.4 Å². The first-order valence-electron chi connectivity index (χ1n) is 6.53. The van der Waals surface area contributed by atoms with Crippen LogP contribution in [0.5, 0.6) is 0 Å². The Balaban J connectivity index is 2.24. The van der Waals surface area contributed by atoms with E-state index in [0.717, 1.165) is 38.3 Å². The Morgan fingerprint density at radius 3 is 2.79 bits per heavy atom. The van der Waals surface area contributed by atoms with Crippen LogP contribution in [0.3, 0.4) is 0 Å². The molecule has 2 rings (SSSR count). The van der Waals surface area contributed by atoms with E-state index < -0.39 is 11.9 Å². The Kier molecular flexibility index (Phi) is 4.29. The van der Waals surface area contributed by atoms with Crippen LogP contribution < -0.4 is 10.6 Å². The number of nitrogens with two attached hydrogens (primary N) is 1. The summed E-state index contributed by atoms with van der Waals surface area (Å²) in [5.74, 6) is 0.410. The van der Waals surface area contributed by atoms with Gasteiger partial charge in [-0.2, -0.15) is 13.2 Å². The maximum Gasteiger partial charge on any atom is 0.433 e. The number of alkyl halides is 3. The zero-order valence-corrected chi connectivity index (χ0v) is 10.7. The number of anilines is 1. The molecule has 3 nitrogen and oxygen atoms in total. The highest BCUT2D eigenvalue weighted by atomic mass is 19.4. The minimum atomic E-state index is -4.39. The smallest absolute Gasteiger partial charge is 0.354 e. The molecule has 0 aliphatic carbocycles. The van der Waals surface area contributed by atoms with Crippen molar-refractivity contribution in [1.29, 1.82) is 0 Å². The molecule has 1 aliphatic heterocycles. The zero-order chi connectivity index (χ0) is 13.9. The molecule has 2 heterocycles. The van der Waals surface area contributed by atoms with Gasteiger partial charge in [-0.1, -0.05) is 6.07 Å². The second-order valence-electron chi connectivity index (χ2n) is 4.80. The predicted octanol–water partition coefficient (Wildman–Crippen LogP) is 2.81. The Morgan fingerprint density at radius 1 is 1.32 bits per heavy atom. The third-order valence-corrected chi connectivity index (χ3v) is 3.45. The molecule has 106 valence electrons. The van der Waals surface area contributed by atoms with Gasteiger partial charge in [0.05, 0.1) is 0 Å². The summed E-state index contributed by atoms with van der Waals surface area (Å²) in [4.78, 5) is 5.72. The van der Waals surface area contributed by atoms with Crippen molar-refractivity contribution in [2.75, 3.05) is 18.0 Å². The van der Waals surface area contributed by atoms with Crippen LogP contribution in [0.2, 0.25) is 0 Å². The summed E-state index contributed by atoms with van der Waals surface area (Å²) in [6.45, 7) is 1.29. The fraction of sp³-hybridized carbons (Fsp3) is 0.615. The standard InChI is InChI=1S/C13H18F3N3/c14-13(15,16)11-5-3-6-12(18-11)19-9-2-1-4-10(19)7-8-17/h3,5-6,10H,1-2,4,7-9,17H2. The molecule has 2 N–H and O–H groups in total. The summed E-state index contributed by atoms with van der Waals surface area (Å²) in [5, 5.41) is 0. The molecule has 0 spiro atoms.